The number of carbonyl (C=O) groups is 2. The van der Waals surface area contributed by atoms with Crippen LogP contribution in [0.25, 0.3) is 0 Å². The first-order chi connectivity index (χ1) is 10.9. The second-order valence-electron chi connectivity index (χ2n) is 6.58. The van der Waals surface area contributed by atoms with Gasteiger partial charge in [-0.05, 0) is 47.0 Å². The Balaban J connectivity index is 0. The number of hydrogen-bond acceptors (Lipinski definition) is 2. The summed E-state index contributed by atoms with van der Waals surface area (Å²) >= 11 is 0. The Morgan fingerprint density at radius 3 is 1.71 bits per heavy atom. The minimum atomic E-state index is -0.831. The average molecular weight is 336 g/mol. The van der Waals surface area contributed by atoms with Gasteiger partial charge >= 0.3 is 11.9 Å². The topological polar surface area (TPSA) is 74.6 Å². The Morgan fingerprint density at radius 1 is 0.958 bits per heavy atom. The lowest BCUT2D eigenvalue weighted by atomic mass is 9.97. The molecular weight excluding hydrogens is 304 g/mol. The molecule has 0 spiro atoms. The highest BCUT2D eigenvalue weighted by Crippen LogP contribution is 2.14. The molecule has 0 aromatic heterocycles. The largest absolute Gasteiger partial charge is 0.481 e. The molecular formula is C20H32O4. The van der Waals surface area contributed by atoms with Crippen molar-refractivity contribution in [3.8, 4) is 0 Å². The van der Waals surface area contributed by atoms with Gasteiger partial charge in [-0.15, -0.1) is 0 Å². The van der Waals surface area contributed by atoms with Crippen LogP contribution >= 0.6 is 0 Å². The molecule has 0 fully saturated rings. The minimum Gasteiger partial charge on any atom is -0.481 e. The standard InChI is InChI=1S/2C10H16O2/c2*1-7(2)5-6-9(8(3)4)10(11)12/h5-6,8H,1-4H3,(H,11,12);5,9H,3,6H2,1-2,4H3,(H,11,12)/b9-6+;. The highest BCUT2D eigenvalue weighted by Gasteiger charge is 2.15. The molecule has 0 saturated carbocycles. The highest BCUT2D eigenvalue weighted by molar-refractivity contribution is 5.87. The van der Waals surface area contributed by atoms with Gasteiger partial charge in [0.15, 0.2) is 0 Å². The van der Waals surface area contributed by atoms with Crippen molar-refractivity contribution in [3.05, 3.63) is 47.1 Å². The molecule has 1 unspecified atom stereocenters. The molecule has 0 aromatic carbocycles. The first-order valence-electron chi connectivity index (χ1n) is 8.00. The van der Waals surface area contributed by atoms with E-state index in [1.165, 1.54) is 0 Å². The zero-order valence-electron chi connectivity index (χ0n) is 16.0. The third-order valence-corrected chi connectivity index (χ3v) is 3.12. The predicted octanol–water partition coefficient (Wildman–Crippen LogP) is 5.24. The van der Waals surface area contributed by atoms with Crippen molar-refractivity contribution in [2.24, 2.45) is 11.8 Å². The van der Waals surface area contributed by atoms with Gasteiger partial charge in [-0.2, -0.15) is 0 Å². The van der Waals surface area contributed by atoms with Crippen molar-refractivity contribution in [2.45, 2.75) is 54.9 Å². The van der Waals surface area contributed by atoms with Crippen molar-refractivity contribution in [1.29, 1.82) is 0 Å². The van der Waals surface area contributed by atoms with Crippen LogP contribution < -0.4 is 0 Å². The number of aliphatic carboxylic acids is 2. The molecule has 4 heteroatoms. The van der Waals surface area contributed by atoms with Gasteiger partial charge in [0, 0.05) is 5.57 Å². The first kappa shape index (κ1) is 24.2. The van der Waals surface area contributed by atoms with Crippen LogP contribution in [0.4, 0.5) is 0 Å². The molecule has 0 aliphatic carbocycles. The van der Waals surface area contributed by atoms with Crippen LogP contribution in [0.15, 0.2) is 47.1 Å². The van der Waals surface area contributed by atoms with Gasteiger partial charge in [-0.25, -0.2) is 4.79 Å². The summed E-state index contributed by atoms with van der Waals surface area (Å²) in [6, 6.07) is 0. The molecule has 0 amide bonds. The van der Waals surface area contributed by atoms with Crippen molar-refractivity contribution in [3.63, 3.8) is 0 Å². The zero-order valence-corrected chi connectivity index (χ0v) is 16.0. The Bertz CT molecular complexity index is 512. The third-order valence-electron chi connectivity index (χ3n) is 3.12. The zero-order chi connectivity index (χ0) is 19.4. The van der Waals surface area contributed by atoms with E-state index >= 15 is 0 Å². The maximum Gasteiger partial charge on any atom is 0.331 e. The summed E-state index contributed by atoms with van der Waals surface area (Å²) in [7, 11) is 0. The molecule has 0 bridgehead atoms. The van der Waals surface area contributed by atoms with Gasteiger partial charge in [0.05, 0.1) is 5.92 Å². The van der Waals surface area contributed by atoms with Crippen LogP contribution in [0.3, 0.4) is 0 Å². The predicted molar refractivity (Wildman–Crippen MR) is 100.0 cm³/mol. The quantitative estimate of drug-likeness (QED) is 0.379. The van der Waals surface area contributed by atoms with E-state index in [-0.39, 0.29) is 5.92 Å². The van der Waals surface area contributed by atoms with Gasteiger partial charge in [0.1, 0.15) is 0 Å². The Labute approximate surface area is 146 Å². The van der Waals surface area contributed by atoms with E-state index in [0.29, 0.717) is 17.6 Å². The fourth-order valence-electron chi connectivity index (χ4n) is 1.63. The lowest BCUT2D eigenvalue weighted by molar-refractivity contribution is -0.140. The lowest BCUT2D eigenvalue weighted by Crippen LogP contribution is -2.13. The van der Waals surface area contributed by atoms with E-state index in [4.69, 9.17) is 10.2 Å². The molecule has 0 aromatic rings. The molecule has 136 valence electrons. The summed E-state index contributed by atoms with van der Waals surface area (Å²) in [6.45, 7) is 16.9. The summed E-state index contributed by atoms with van der Waals surface area (Å²) in [5.74, 6) is -1.99. The molecule has 1 atom stereocenters. The molecule has 24 heavy (non-hydrogen) atoms. The van der Waals surface area contributed by atoms with Crippen LogP contribution in [-0.4, -0.2) is 22.2 Å². The Kier molecular flexibility index (Phi) is 12.4. The van der Waals surface area contributed by atoms with Crippen LogP contribution in [0.5, 0.6) is 0 Å². The molecule has 0 rings (SSSR count). The van der Waals surface area contributed by atoms with Crippen LogP contribution in [0, 0.1) is 11.8 Å². The number of allylic oxidation sites excluding steroid dienone is 5. The van der Waals surface area contributed by atoms with E-state index in [1.54, 1.807) is 13.0 Å². The van der Waals surface area contributed by atoms with E-state index in [1.807, 2.05) is 53.7 Å². The van der Waals surface area contributed by atoms with E-state index in [0.717, 1.165) is 11.1 Å². The highest BCUT2D eigenvalue weighted by atomic mass is 16.4. The smallest absolute Gasteiger partial charge is 0.331 e. The van der Waals surface area contributed by atoms with Crippen molar-refractivity contribution >= 4 is 11.9 Å². The molecule has 0 aliphatic rings. The monoisotopic (exact) mass is 336 g/mol. The fraction of sp³-hybridized carbons (Fsp3) is 0.500. The second-order valence-corrected chi connectivity index (χ2v) is 6.58. The summed E-state index contributed by atoms with van der Waals surface area (Å²) in [4.78, 5) is 21.3. The Morgan fingerprint density at radius 2 is 1.46 bits per heavy atom. The molecule has 0 heterocycles. The molecule has 2 N–H and O–H groups in total. The maximum absolute atomic E-state index is 10.7. The van der Waals surface area contributed by atoms with Gasteiger partial charge in [-0.3, -0.25) is 4.79 Å². The van der Waals surface area contributed by atoms with Crippen molar-refractivity contribution in [1.82, 2.24) is 0 Å². The minimum absolute atomic E-state index is 0.0677. The normalized spacial score (nSPS) is 11.8. The summed E-state index contributed by atoms with van der Waals surface area (Å²) in [6.07, 6.45) is 5.96. The van der Waals surface area contributed by atoms with Crippen molar-refractivity contribution < 1.29 is 19.8 Å². The van der Waals surface area contributed by atoms with Crippen LogP contribution in [-0.2, 0) is 9.59 Å². The van der Waals surface area contributed by atoms with Crippen molar-refractivity contribution in [2.75, 3.05) is 0 Å². The molecule has 4 nitrogen and oxygen atoms in total. The number of carboxylic acids is 2. The van der Waals surface area contributed by atoms with Crippen LogP contribution in [0.1, 0.15) is 54.9 Å². The lowest BCUT2D eigenvalue weighted by Gasteiger charge is -2.08. The average Bonchev–Trinajstić information content (AvgIpc) is 2.37. The van der Waals surface area contributed by atoms with E-state index < -0.39 is 17.9 Å². The summed E-state index contributed by atoms with van der Waals surface area (Å²) < 4.78 is 0. The first-order valence-corrected chi connectivity index (χ1v) is 8.00. The van der Waals surface area contributed by atoms with E-state index in [2.05, 4.69) is 6.58 Å². The van der Waals surface area contributed by atoms with Gasteiger partial charge < -0.3 is 10.2 Å². The molecule has 0 aliphatic heterocycles. The molecule has 0 radical (unpaired) electrons. The maximum atomic E-state index is 10.7. The summed E-state index contributed by atoms with van der Waals surface area (Å²) in [5.41, 5.74) is 3.41. The van der Waals surface area contributed by atoms with E-state index in [9.17, 15) is 9.59 Å². The van der Waals surface area contributed by atoms with Gasteiger partial charge in [-0.1, -0.05) is 55.4 Å². The van der Waals surface area contributed by atoms with Crippen LogP contribution in [0.2, 0.25) is 0 Å². The SMILES string of the molecule is C=C(C)C(CC=C(C)C)C(=O)O.CC(C)=C/C=C(/C(=O)O)C(C)C. The molecule has 0 saturated heterocycles. The fourth-order valence-corrected chi connectivity index (χ4v) is 1.63. The Hall–Kier alpha value is -2.10. The summed E-state index contributed by atoms with van der Waals surface area (Å²) in [5, 5.41) is 17.5. The third kappa shape index (κ3) is 12.4. The second kappa shape index (κ2) is 12.3. The van der Waals surface area contributed by atoms with Gasteiger partial charge in [0.2, 0.25) is 0 Å². The number of rotatable bonds is 7. The number of carboxylic acid groups (broad SMARTS) is 2. The number of hydrogen-bond donors (Lipinski definition) is 2. The van der Waals surface area contributed by atoms with Gasteiger partial charge in [0.25, 0.3) is 0 Å².